The summed E-state index contributed by atoms with van der Waals surface area (Å²) in [5.74, 6) is -0.238. The molecule has 2 rings (SSSR count). The van der Waals surface area contributed by atoms with Gasteiger partial charge in [0.15, 0.2) is 0 Å². The van der Waals surface area contributed by atoms with Gasteiger partial charge >= 0.3 is 6.03 Å². The zero-order valence-corrected chi connectivity index (χ0v) is 12.9. The van der Waals surface area contributed by atoms with Gasteiger partial charge < -0.3 is 10.6 Å². The number of nitrogens with one attached hydrogen (secondary N) is 2. The van der Waals surface area contributed by atoms with Crippen molar-refractivity contribution in [3.05, 3.63) is 71.0 Å². The van der Waals surface area contributed by atoms with E-state index in [9.17, 15) is 9.18 Å². The number of urea groups is 1. The molecule has 0 aliphatic rings. The zero-order chi connectivity index (χ0) is 15.9. The molecule has 3 nitrogen and oxygen atoms in total. The summed E-state index contributed by atoms with van der Waals surface area (Å²) in [4.78, 5) is 11.9. The average Bonchev–Trinajstić information content (AvgIpc) is 2.49. The summed E-state index contributed by atoms with van der Waals surface area (Å²) < 4.78 is 13.5. The Kier molecular flexibility index (Phi) is 5.53. The van der Waals surface area contributed by atoms with Crippen molar-refractivity contribution >= 4 is 6.03 Å². The number of benzene rings is 2. The van der Waals surface area contributed by atoms with Crippen LogP contribution < -0.4 is 10.6 Å². The van der Waals surface area contributed by atoms with Crippen LogP contribution in [-0.2, 0) is 6.42 Å². The maximum atomic E-state index is 13.5. The molecule has 1 atom stereocenters. The van der Waals surface area contributed by atoms with Crippen LogP contribution in [0, 0.1) is 12.7 Å². The van der Waals surface area contributed by atoms with Crippen molar-refractivity contribution in [3.8, 4) is 0 Å². The number of hydrogen-bond donors (Lipinski definition) is 2. The predicted octanol–water partition coefficient (Wildman–Crippen LogP) is 3.74. The maximum absolute atomic E-state index is 13.5. The number of halogens is 1. The quantitative estimate of drug-likeness (QED) is 0.868. The fourth-order valence-corrected chi connectivity index (χ4v) is 2.41. The van der Waals surface area contributed by atoms with Gasteiger partial charge in [-0.15, -0.1) is 0 Å². The number of aryl methyl sites for hydroxylation is 1. The lowest BCUT2D eigenvalue weighted by atomic mass is 10.0. The summed E-state index contributed by atoms with van der Waals surface area (Å²) in [6.45, 7) is 4.36. The molecule has 0 aromatic heterocycles. The second-order valence-corrected chi connectivity index (χ2v) is 5.32. The molecule has 116 valence electrons. The van der Waals surface area contributed by atoms with Gasteiger partial charge in [0.2, 0.25) is 0 Å². The van der Waals surface area contributed by atoms with Gasteiger partial charge in [-0.3, -0.25) is 0 Å². The van der Waals surface area contributed by atoms with Crippen molar-refractivity contribution in [2.24, 2.45) is 0 Å². The summed E-state index contributed by atoms with van der Waals surface area (Å²) in [6.07, 6.45) is 0.471. The Morgan fingerprint density at radius 1 is 1.14 bits per heavy atom. The van der Waals surface area contributed by atoms with Crippen LogP contribution in [0.2, 0.25) is 0 Å². The average molecular weight is 300 g/mol. The van der Waals surface area contributed by atoms with E-state index in [0.717, 1.165) is 11.1 Å². The third kappa shape index (κ3) is 4.32. The van der Waals surface area contributed by atoms with E-state index in [2.05, 4.69) is 10.6 Å². The van der Waals surface area contributed by atoms with Gasteiger partial charge in [-0.25, -0.2) is 9.18 Å². The normalized spacial score (nSPS) is 11.8. The summed E-state index contributed by atoms with van der Waals surface area (Å²) in [5.41, 5.74) is 2.84. The first kappa shape index (κ1) is 16.0. The fraction of sp³-hybridized carbons (Fsp3) is 0.278. The van der Waals surface area contributed by atoms with E-state index in [0.29, 0.717) is 18.5 Å². The van der Waals surface area contributed by atoms with E-state index in [-0.39, 0.29) is 17.9 Å². The molecule has 0 aliphatic carbocycles. The number of carbonyl (C=O) groups is 1. The van der Waals surface area contributed by atoms with Crippen LogP contribution in [0.3, 0.4) is 0 Å². The number of amides is 2. The minimum Gasteiger partial charge on any atom is -0.338 e. The molecular weight excluding hydrogens is 279 g/mol. The van der Waals surface area contributed by atoms with Gasteiger partial charge in [-0.2, -0.15) is 0 Å². The molecule has 0 aliphatic heterocycles. The van der Waals surface area contributed by atoms with Gasteiger partial charge in [-0.1, -0.05) is 42.5 Å². The van der Waals surface area contributed by atoms with E-state index >= 15 is 0 Å². The minimum absolute atomic E-state index is 0.0744. The van der Waals surface area contributed by atoms with E-state index in [1.54, 1.807) is 18.2 Å². The van der Waals surface area contributed by atoms with Crippen LogP contribution in [0.4, 0.5) is 9.18 Å². The van der Waals surface area contributed by atoms with E-state index < -0.39 is 0 Å². The predicted molar refractivity (Wildman–Crippen MR) is 86.2 cm³/mol. The molecule has 2 amide bonds. The Hall–Kier alpha value is -2.36. The van der Waals surface area contributed by atoms with Gasteiger partial charge in [0.25, 0.3) is 0 Å². The Morgan fingerprint density at radius 2 is 1.82 bits per heavy atom. The number of rotatable bonds is 5. The Bertz CT molecular complexity index is 642. The van der Waals surface area contributed by atoms with Gasteiger partial charge in [-0.05, 0) is 43.0 Å². The van der Waals surface area contributed by atoms with Crippen molar-refractivity contribution < 1.29 is 9.18 Å². The third-order valence-electron chi connectivity index (χ3n) is 3.64. The lowest BCUT2D eigenvalue weighted by Gasteiger charge is -2.17. The smallest absolute Gasteiger partial charge is 0.315 e. The number of carbonyl (C=O) groups excluding carboxylic acids is 1. The molecule has 0 heterocycles. The van der Waals surface area contributed by atoms with Crippen molar-refractivity contribution in [2.75, 3.05) is 6.54 Å². The second kappa shape index (κ2) is 7.59. The third-order valence-corrected chi connectivity index (χ3v) is 3.64. The van der Waals surface area contributed by atoms with Crippen molar-refractivity contribution in [1.29, 1.82) is 0 Å². The highest BCUT2D eigenvalue weighted by atomic mass is 19.1. The summed E-state index contributed by atoms with van der Waals surface area (Å²) in [6, 6.07) is 14.2. The second-order valence-electron chi connectivity index (χ2n) is 5.32. The summed E-state index contributed by atoms with van der Waals surface area (Å²) >= 11 is 0. The molecule has 2 aromatic carbocycles. The molecule has 2 aromatic rings. The largest absolute Gasteiger partial charge is 0.338 e. The van der Waals surface area contributed by atoms with Gasteiger partial charge in [0.05, 0.1) is 6.04 Å². The zero-order valence-electron chi connectivity index (χ0n) is 12.9. The van der Waals surface area contributed by atoms with Crippen LogP contribution in [0.5, 0.6) is 0 Å². The summed E-state index contributed by atoms with van der Waals surface area (Å²) in [5, 5.41) is 5.66. The standard InChI is InChI=1S/C18H21FN2O/c1-13-7-3-5-9-16(13)14(2)21-18(22)20-12-11-15-8-4-6-10-17(15)19/h3-10,14H,11-12H2,1-2H3,(H2,20,21,22). The molecule has 0 radical (unpaired) electrons. The fourth-order valence-electron chi connectivity index (χ4n) is 2.41. The monoisotopic (exact) mass is 300 g/mol. The topological polar surface area (TPSA) is 41.1 Å². The van der Waals surface area contributed by atoms with Crippen LogP contribution in [0.25, 0.3) is 0 Å². The lowest BCUT2D eigenvalue weighted by Crippen LogP contribution is -2.38. The van der Waals surface area contributed by atoms with Gasteiger partial charge in [0.1, 0.15) is 5.82 Å². The first-order valence-electron chi connectivity index (χ1n) is 7.41. The van der Waals surface area contributed by atoms with Crippen molar-refractivity contribution in [1.82, 2.24) is 10.6 Å². The van der Waals surface area contributed by atoms with Crippen LogP contribution in [-0.4, -0.2) is 12.6 Å². The Morgan fingerprint density at radius 3 is 2.55 bits per heavy atom. The SMILES string of the molecule is Cc1ccccc1C(C)NC(=O)NCCc1ccccc1F. The van der Waals surface area contributed by atoms with Crippen LogP contribution in [0.15, 0.2) is 48.5 Å². The van der Waals surface area contributed by atoms with E-state index in [1.165, 1.54) is 6.07 Å². The molecule has 0 spiro atoms. The first-order chi connectivity index (χ1) is 10.6. The highest BCUT2D eigenvalue weighted by molar-refractivity contribution is 5.74. The molecule has 0 saturated heterocycles. The molecule has 2 N–H and O–H groups in total. The lowest BCUT2D eigenvalue weighted by molar-refractivity contribution is 0.238. The van der Waals surface area contributed by atoms with E-state index in [4.69, 9.17) is 0 Å². The number of hydrogen-bond acceptors (Lipinski definition) is 1. The van der Waals surface area contributed by atoms with Crippen molar-refractivity contribution in [3.63, 3.8) is 0 Å². The highest BCUT2D eigenvalue weighted by Crippen LogP contribution is 2.16. The van der Waals surface area contributed by atoms with E-state index in [1.807, 2.05) is 38.1 Å². The molecule has 0 bridgehead atoms. The molecule has 22 heavy (non-hydrogen) atoms. The van der Waals surface area contributed by atoms with Crippen LogP contribution in [0.1, 0.15) is 29.7 Å². The molecular formula is C18H21FN2O. The minimum atomic E-state index is -0.243. The summed E-state index contributed by atoms with van der Waals surface area (Å²) in [7, 11) is 0. The molecule has 0 fully saturated rings. The Balaban J connectivity index is 1.81. The molecule has 4 heteroatoms. The van der Waals surface area contributed by atoms with Crippen molar-refractivity contribution in [2.45, 2.75) is 26.3 Å². The van der Waals surface area contributed by atoms with Gasteiger partial charge in [0, 0.05) is 6.54 Å². The first-order valence-corrected chi connectivity index (χ1v) is 7.41. The molecule has 0 saturated carbocycles. The highest BCUT2D eigenvalue weighted by Gasteiger charge is 2.10. The molecule has 1 unspecified atom stereocenters. The maximum Gasteiger partial charge on any atom is 0.315 e. The van der Waals surface area contributed by atoms with Crippen LogP contribution >= 0.6 is 0 Å². The Labute approximate surface area is 130 Å².